The number of hydrogen-bond donors (Lipinski definition) is 2. The maximum atomic E-state index is 12.9. The van der Waals surface area contributed by atoms with Crippen molar-refractivity contribution in [2.45, 2.75) is 26.2 Å². The number of aromatic hydroxyl groups is 2. The number of Topliss-reactive ketones (excluding diaryl/α,β-unsaturated/α-hetero) is 2. The third-order valence-electron chi connectivity index (χ3n) is 5.77. The highest BCUT2D eigenvalue weighted by Gasteiger charge is 2.40. The fourth-order valence-corrected chi connectivity index (χ4v) is 4.34. The molecule has 0 fully saturated rings. The van der Waals surface area contributed by atoms with E-state index in [4.69, 9.17) is 13.9 Å². The Morgan fingerprint density at radius 1 is 1.12 bits per heavy atom. The fraction of sp³-hybridized carbons (Fsp3) is 0.292. The Morgan fingerprint density at radius 2 is 1.88 bits per heavy atom. The predicted molar refractivity (Wildman–Crippen MR) is 113 cm³/mol. The highest BCUT2D eigenvalue weighted by atomic mass is 16.5. The molecule has 4 rings (SSSR count). The van der Waals surface area contributed by atoms with Crippen molar-refractivity contribution in [3.05, 3.63) is 52.8 Å². The molecule has 8 heteroatoms. The Hall–Kier alpha value is -3.81. The number of ketones is 2. The molecule has 2 atom stereocenters. The number of fused-ring (bicyclic) bond motifs is 3. The molecule has 1 heterocycles. The van der Waals surface area contributed by atoms with Crippen molar-refractivity contribution < 1.29 is 38.5 Å². The summed E-state index contributed by atoms with van der Waals surface area (Å²) in [5.74, 6) is -1.81. The Morgan fingerprint density at radius 3 is 2.53 bits per heavy atom. The molecule has 32 heavy (non-hydrogen) atoms. The molecule has 1 aliphatic carbocycles. The Bertz CT molecular complexity index is 1250. The molecule has 0 bridgehead atoms. The molecule has 2 unspecified atom stereocenters. The number of furan rings is 1. The molecule has 1 aromatic heterocycles. The van der Waals surface area contributed by atoms with Crippen LogP contribution in [0.25, 0.3) is 11.0 Å². The topological polar surface area (TPSA) is 123 Å². The number of phenolic OH excluding ortho intramolecular Hbond substituents is 2. The minimum Gasteiger partial charge on any atom is -0.507 e. The van der Waals surface area contributed by atoms with Gasteiger partial charge in [0.15, 0.2) is 28.8 Å². The minimum atomic E-state index is -0.467. The largest absolute Gasteiger partial charge is 0.507 e. The first kappa shape index (κ1) is 21.4. The van der Waals surface area contributed by atoms with Crippen molar-refractivity contribution >= 4 is 28.5 Å². The lowest BCUT2D eigenvalue weighted by atomic mass is 9.73. The molecule has 2 N–H and O–H groups in total. The van der Waals surface area contributed by atoms with Gasteiger partial charge in [0, 0.05) is 36.1 Å². The number of methoxy groups -OCH3 is 1. The molecule has 8 nitrogen and oxygen atoms in total. The van der Waals surface area contributed by atoms with E-state index in [0.717, 1.165) is 0 Å². The summed E-state index contributed by atoms with van der Waals surface area (Å²) in [7, 11) is 1.43. The van der Waals surface area contributed by atoms with E-state index >= 15 is 0 Å². The Labute approximate surface area is 183 Å². The first-order valence-electron chi connectivity index (χ1n) is 10.0. The van der Waals surface area contributed by atoms with Crippen LogP contribution in [0.15, 0.2) is 34.7 Å². The van der Waals surface area contributed by atoms with Crippen LogP contribution in [0.5, 0.6) is 17.2 Å². The summed E-state index contributed by atoms with van der Waals surface area (Å²) in [4.78, 5) is 36.3. The van der Waals surface area contributed by atoms with E-state index in [1.165, 1.54) is 39.2 Å². The number of carbonyl (C=O) groups is 3. The van der Waals surface area contributed by atoms with Gasteiger partial charge in [-0.3, -0.25) is 14.4 Å². The third-order valence-corrected chi connectivity index (χ3v) is 5.77. The SMILES string of the molecule is COc1cc(C2c3c(oc4cc(C(C)=O)c(O)cc34)C(=O)CC2COC(C)=O)ccc1O. The molecule has 0 aliphatic heterocycles. The summed E-state index contributed by atoms with van der Waals surface area (Å²) < 4.78 is 16.3. The van der Waals surface area contributed by atoms with Crippen molar-refractivity contribution in [2.75, 3.05) is 13.7 Å². The number of ether oxygens (including phenoxy) is 2. The maximum Gasteiger partial charge on any atom is 0.302 e. The summed E-state index contributed by atoms with van der Waals surface area (Å²) in [5.41, 5.74) is 1.64. The van der Waals surface area contributed by atoms with Gasteiger partial charge < -0.3 is 24.1 Å². The molecule has 0 saturated heterocycles. The van der Waals surface area contributed by atoms with Crippen molar-refractivity contribution in [2.24, 2.45) is 5.92 Å². The molecule has 1 aliphatic rings. The first-order chi connectivity index (χ1) is 15.2. The van der Waals surface area contributed by atoms with E-state index in [9.17, 15) is 24.6 Å². The third kappa shape index (κ3) is 3.57. The highest BCUT2D eigenvalue weighted by molar-refractivity contribution is 6.06. The van der Waals surface area contributed by atoms with E-state index < -0.39 is 17.8 Å². The second-order valence-electron chi connectivity index (χ2n) is 7.87. The predicted octanol–water partition coefficient (Wildman–Crippen LogP) is 3.95. The highest BCUT2D eigenvalue weighted by Crippen LogP contribution is 2.48. The van der Waals surface area contributed by atoms with Gasteiger partial charge in [-0.15, -0.1) is 0 Å². The summed E-state index contributed by atoms with van der Waals surface area (Å²) >= 11 is 0. The van der Waals surface area contributed by atoms with Gasteiger partial charge in [-0.05, 0) is 36.8 Å². The summed E-state index contributed by atoms with van der Waals surface area (Å²) in [6.07, 6.45) is 0.0690. The number of phenols is 2. The molecule has 0 saturated carbocycles. The van der Waals surface area contributed by atoms with Gasteiger partial charge in [0.25, 0.3) is 0 Å². The zero-order valence-electron chi connectivity index (χ0n) is 17.8. The smallest absolute Gasteiger partial charge is 0.302 e. The van der Waals surface area contributed by atoms with Crippen molar-refractivity contribution in [1.29, 1.82) is 0 Å². The number of esters is 1. The van der Waals surface area contributed by atoms with Gasteiger partial charge in [0.2, 0.25) is 0 Å². The number of rotatable bonds is 5. The van der Waals surface area contributed by atoms with Crippen LogP contribution in [-0.2, 0) is 9.53 Å². The van der Waals surface area contributed by atoms with Crippen LogP contribution >= 0.6 is 0 Å². The molecule has 166 valence electrons. The van der Waals surface area contributed by atoms with Gasteiger partial charge in [0.1, 0.15) is 11.3 Å². The minimum absolute atomic E-state index is 0.00143. The van der Waals surface area contributed by atoms with Gasteiger partial charge in [-0.1, -0.05) is 6.07 Å². The molecule has 0 radical (unpaired) electrons. The zero-order valence-corrected chi connectivity index (χ0v) is 17.8. The molecule has 0 amide bonds. The van der Waals surface area contributed by atoms with E-state index in [2.05, 4.69) is 0 Å². The second-order valence-corrected chi connectivity index (χ2v) is 7.87. The lowest BCUT2D eigenvalue weighted by molar-refractivity contribution is -0.142. The lowest BCUT2D eigenvalue weighted by Gasteiger charge is -2.31. The average molecular weight is 438 g/mol. The van der Waals surface area contributed by atoms with Crippen LogP contribution in [0.2, 0.25) is 0 Å². The van der Waals surface area contributed by atoms with Gasteiger partial charge in [0.05, 0.1) is 19.3 Å². The van der Waals surface area contributed by atoms with Crippen molar-refractivity contribution in [3.63, 3.8) is 0 Å². The Kier molecular flexibility index (Phi) is 5.38. The average Bonchev–Trinajstić information content (AvgIpc) is 3.11. The summed E-state index contributed by atoms with van der Waals surface area (Å²) in [6, 6.07) is 7.68. The van der Waals surface area contributed by atoms with Crippen LogP contribution in [0, 0.1) is 5.92 Å². The Balaban J connectivity index is 1.96. The van der Waals surface area contributed by atoms with Gasteiger partial charge >= 0.3 is 5.97 Å². The van der Waals surface area contributed by atoms with E-state index in [1.54, 1.807) is 12.1 Å². The van der Waals surface area contributed by atoms with E-state index in [-0.39, 0.29) is 53.2 Å². The first-order valence-corrected chi connectivity index (χ1v) is 10.0. The van der Waals surface area contributed by atoms with Crippen molar-refractivity contribution in [1.82, 2.24) is 0 Å². The van der Waals surface area contributed by atoms with Crippen LogP contribution in [0.4, 0.5) is 0 Å². The quantitative estimate of drug-likeness (QED) is 0.453. The lowest BCUT2D eigenvalue weighted by Crippen LogP contribution is -2.29. The monoisotopic (exact) mass is 438 g/mol. The molecule has 2 aromatic carbocycles. The zero-order chi connectivity index (χ0) is 23.2. The van der Waals surface area contributed by atoms with E-state index in [1.807, 2.05) is 0 Å². The van der Waals surface area contributed by atoms with E-state index in [0.29, 0.717) is 22.1 Å². The van der Waals surface area contributed by atoms with Crippen LogP contribution in [0.1, 0.15) is 58.2 Å². The number of hydrogen-bond acceptors (Lipinski definition) is 8. The normalized spacial score (nSPS) is 17.8. The summed E-state index contributed by atoms with van der Waals surface area (Å²) in [6.45, 7) is 2.62. The standard InChI is InChI=1S/C24H22O8/c1-11(25)15-9-20-16(8-18(15)28)23-22(13-4-5-17(27)21(7-13)30-3)14(10-31-12(2)26)6-19(29)24(23)32-20/h4-5,7-9,14,22,27-28H,6,10H2,1-3H3. The second kappa shape index (κ2) is 8.03. The molecular formula is C24H22O8. The number of benzene rings is 2. The van der Waals surface area contributed by atoms with Crippen LogP contribution < -0.4 is 4.74 Å². The molecule has 3 aromatic rings. The van der Waals surface area contributed by atoms with Crippen LogP contribution in [0.3, 0.4) is 0 Å². The van der Waals surface area contributed by atoms with Crippen LogP contribution in [-0.4, -0.2) is 41.5 Å². The number of carbonyl (C=O) groups excluding carboxylic acids is 3. The van der Waals surface area contributed by atoms with Gasteiger partial charge in [-0.25, -0.2) is 0 Å². The van der Waals surface area contributed by atoms with Gasteiger partial charge in [-0.2, -0.15) is 0 Å². The fourth-order valence-electron chi connectivity index (χ4n) is 4.34. The molecular weight excluding hydrogens is 416 g/mol. The maximum absolute atomic E-state index is 12.9. The van der Waals surface area contributed by atoms with Crippen molar-refractivity contribution in [3.8, 4) is 17.2 Å². The summed E-state index contributed by atoms with van der Waals surface area (Å²) in [5, 5.41) is 20.9. The molecule has 0 spiro atoms.